The quantitative estimate of drug-likeness (QED) is 0.187. The van der Waals surface area contributed by atoms with Crippen LogP contribution >= 0.6 is 0 Å². The third-order valence-electron chi connectivity index (χ3n) is 10.0. The lowest BCUT2D eigenvalue weighted by Crippen LogP contribution is -2.43. The number of hydrogen-bond donors (Lipinski definition) is 0. The molecule has 5 saturated carbocycles. The van der Waals surface area contributed by atoms with Gasteiger partial charge in [-0.3, -0.25) is 0 Å². The molecule has 0 amide bonds. The SMILES string of the molecule is FC1(F)C2C=CC(C2)C1(F)F.FC1C2C=CC(C2)C1(F)F.FC1CC2CC1C1C3C=CC(C3)C21. The van der Waals surface area contributed by atoms with Gasteiger partial charge in [-0.1, -0.05) is 36.5 Å². The monoisotopic (exact) mass is 492 g/mol. The molecule has 12 atom stereocenters. The van der Waals surface area contributed by atoms with Crippen molar-refractivity contribution in [3.05, 3.63) is 36.5 Å². The van der Waals surface area contributed by atoms with E-state index in [0.29, 0.717) is 12.3 Å². The Kier molecular flexibility index (Phi) is 4.99. The summed E-state index contributed by atoms with van der Waals surface area (Å²) in [4.78, 5) is 0. The summed E-state index contributed by atoms with van der Waals surface area (Å²) in [7, 11) is 0. The average molecular weight is 492 g/mol. The minimum absolute atomic E-state index is 0.0972. The predicted octanol–water partition coefficient (Wildman–Crippen LogP) is 7.43. The minimum atomic E-state index is -3.81. The topological polar surface area (TPSA) is 0 Å². The zero-order chi connectivity index (χ0) is 24.2. The van der Waals surface area contributed by atoms with Crippen LogP contribution in [0.2, 0.25) is 0 Å². The Bertz CT molecular complexity index is 900. The van der Waals surface area contributed by atoms with E-state index >= 15 is 0 Å². The van der Waals surface area contributed by atoms with Crippen molar-refractivity contribution < 1.29 is 35.1 Å². The molecule has 5 fully saturated rings. The van der Waals surface area contributed by atoms with Crippen molar-refractivity contribution in [2.24, 2.45) is 59.2 Å². The van der Waals surface area contributed by atoms with Crippen molar-refractivity contribution in [1.29, 1.82) is 0 Å². The summed E-state index contributed by atoms with van der Waals surface area (Å²) in [6, 6.07) is 0. The van der Waals surface area contributed by atoms with Crippen molar-refractivity contribution in [2.45, 2.75) is 62.2 Å². The lowest BCUT2D eigenvalue weighted by atomic mass is 9.73. The van der Waals surface area contributed by atoms with E-state index in [1.54, 1.807) is 6.08 Å². The smallest absolute Gasteiger partial charge is 0.247 e. The molecular formula is C26H28F8. The van der Waals surface area contributed by atoms with Crippen LogP contribution in [0.15, 0.2) is 36.5 Å². The third-order valence-corrected chi connectivity index (χ3v) is 10.0. The van der Waals surface area contributed by atoms with E-state index in [9.17, 15) is 35.1 Å². The molecule has 0 aromatic rings. The maximum absolute atomic E-state index is 13.6. The highest BCUT2D eigenvalue weighted by molar-refractivity contribution is 5.22. The van der Waals surface area contributed by atoms with Gasteiger partial charge in [0.2, 0.25) is 0 Å². The summed E-state index contributed by atoms with van der Waals surface area (Å²) in [6.07, 6.45) is 11.5. The third kappa shape index (κ3) is 3.01. The second-order valence-electron chi connectivity index (χ2n) is 11.6. The van der Waals surface area contributed by atoms with Crippen LogP contribution in [0.4, 0.5) is 35.1 Å². The molecule has 0 aromatic heterocycles. The summed E-state index contributed by atoms with van der Waals surface area (Å²) < 4.78 is 102. The van der Waals surface area contributed by atoms with Crippen molar-refractivity contribution in [3.8, 4) is 0 Å². The zero-order valence-corrected chi connectivity index (χ0v) is 18.5. The summed E-state index contributed by atoms with van der Waals surface area (Å²) >= 11 is 0. The number of fused-ring (bicyclic) bond motifs is 13. The number of allylic oxidation sites excluding steroid dienone is 6. The molecule has 0 heterocycles. The van der Waals surface area contributed by atoms with Crippen LogP contribution in [-0.2, 0) is 0 Å². The van der Waals surface area contributed by atoms with Gasteiger partial charge < -0.3 is 0 Å². The Morgan fingerprint density at radius 2 is 1.09 bits per heavy atom. The van der Waals surface area contributed by atoms with Gasteiger partial charge >= 0.3 is 11.8 Å². The van der Waals surface area contributed by atoms with Gasteiger partial charge in [0.05, 0.1) is 0 Å². The number of hydrogen-bond acceptors (Lipinski definition) is 0. The molecule has 0 aromatic carbocycles. The van der Waals surface area contributed by atoms with Crippen LogP contribution in [-0.4, -0.2) is 30.1 Å². The van der Waals surface area contributed by atoms with Crippen LogP contribution in [0.1, 0.15) is 32.1 Å². The van der Waals surface area contributed by atoms with Gasteiger partial charge in [-0.2, -0.15) is 17.6 Å². The van der Waals surface area contributed by atoms with Crippen LogP contribution in [0.5, 0.6) is 0 Å². The summed E-state index contributed by atoms with van der Waals surface area (Å²) in [6.45, 7) is 0. The molecule has 0 spiro atoms. The maximum atomic E-state index is 13.6. The summed E-state index contributed by atoms with van der Waals surface area (Å²) in [5, 5.41) is 0. The fourth-order valence-electron chi connectivity index (χ4n) is 8.39. The van der Waals surface area contributed by atoms with Crippen molar-refractivity contribution in [2.75, 3.05) is 0 Å². The van der Waals surface area contributed by atoms with Crippen LogP contribution in [0, 0.1) is 59.2 Å². The highest BCUT2D eigenvalue weighted by Gasteiger charge is 2.71. The Morgan fingerprint density at radius 3 is 1.56 bits per heavy atom. The van der Waals surface area contributed by atoms with E-state index in [2.05, 4.69) is 12.2 Å². The van der Waals surface area contributed by atoms with E-state index in [4.69, 9.17) is 0 Å². The van der Waals surface area contributed by atoms with E-state index in [-0.39, 0.29) is 6.42 Å². The lowest BCUT2D eigenvalue weighted by molar-refractivity contribution is -0.213. The zero-order valence-electron chi connectivity index (χ0n) is 18.5. The first-order valence-electron chi connectivity index (χ1n) is 12.4. The largest absolute Gasteiger partial charge is 0.316 e. The Balaban J connectivity index is 0.0000000971. The molecule has 0 saturated heterocycles. The highest BCUT2D eigenvalue weighted by atomic mass is 19.3. The standard InChI is InChI=1S/C12H15F.C7H6F4.C7H7F3/c13-10-5-8-4-9(10)12-7-2-1-6(3-7)11(8)12;8-6(9)4-1-2-5(3-4)7(6,10)11;8-6-4-1-2-5(3-4)7(6,9)10/h1-2,6-12H,3-5H2;1-2,4-5H,3H2;1-2,4-6H,3H2. The highest BCUT2D eigenvalue weighted by Crippen LogP contribution is 2.66. The molecule has 8 aliphatic carbocycles. The second kappa shape index (κ2) is 7.34. The molecule has 0 nitrogen and oxygen atoms in total. The first-order chi connectivity index (χ1) is 15.9. The number of halogens is 8. The summed E-state index contributed by atoms with van der Waals surface area (Å²) in [5.41, 5.74) is 0. The van der Waals surface area contributed by atoms with Gasteiger partial charge in [-0.15, -0.1) is 0 Å². The van der Waals surface area contributed by atoms with Gasteiger partial charge in [0, 0.05) is 23.7 Å². The molecule has 34 heavy (non-hydrogen) atoms. The fraction of sp³-hybridized carbons (Fsp3) is 0.769. The van der Waals surface area contributed by atoms with Crippen LogP contribution < -0.4 is 0 Å². The molecule has 8 heteroatoms. The fourth-order valence-corrected chi connectivity index (χ4v) is 8.39. The number of rotatable bonds is 0. The van der Waals surface area contributed by atoms with Gasteiger partial charge in [0.1, 0.15) is 6.17 Å². The molecular weight excluding hydrogens is 464 g/mol. The second-order valence-corrected chi connectivity index (χ2v) is 11.6. The molecule has 8 aliphatic rings. The molecule has 0 radical (unpaired) electrons. The van der Waals surface area contributed by atoms with Crippen molar-refractivity contribution in [1.82, 2.24) is 0 Å². The first kappa shape index (κ1) is 23.1. The van der Waals surface area contributed by atoms with Gasteiger partial charge in [0.15, 0.2) is 6.17 Å². The normalized spacial score (nSPS) is 53.6. The van der Waals surface area contributed by atoms with Crippen molar-refractivity contribution in [3.63, 3.8) is 0 Å². The molecule has 188 valence electrons. The minimum Gasteiger partial charge on any atom is -0.247 e. The first-order valence-corrected chi connectivity index (χ1v) is 12.4. The van der Waals surface area contributed by atoms with E-state index in [0.717, 1.165) is 36.0 Å². The van der Waals surface area contributed by atoms with Crippen LogP contribution in [0.3, 0.4) is 0 Å². The van der Waals surface area contributed by atoms with Crippen molar-refractivity contribution >= 4 is 0 Å². The molecule has 0 N–H and O–H groups in total. The van der Waals surface area contributed by atoms with Gasteiger partial charge in [-0.05, 0) is 67.6 Å². The molecule has 8 bridgehead atoms. The van der Waals surface area contributed by atoms with Crippen LogP contribution in [0.25, 0.3) is 0 Å². The van der Waals surface area contributed by atoms with Gasteiger partial charge in [0.25, 0.3) is 5.92 Å². The Morgan fingerprint density at radius 1 is 0.529 bits per heavy atom. The van der Waals surface area contributed by atoms with E-state index in [1.807, 2.05) is 0 Å². The Hall–Kier alpha value is -1.34. The molecule has 8 rings (SSSR count). The lowest BCUT2D eigenvalue weighted by Gasteiger charge is -2.33. The number of alkyl halides is 8. The van der Waals surface area contributed by atoms with E-state index < -0.39 is 53.8 Å². The van der Waals surface area contributed by atoms with E-state index in [1.165, 1.54) is 31.1 Å². The maximum Gasteiger partial charge on any atom is 0.316 e. The predicted molar refractivity (Wildman–Crippen MR) is 110 cm³/mol. The average Bonchev–Trinajstić information content (AvgIpc) is 3.61. The molecule has 0 aliphatic heterocycles. The summed E-state index contributed by atoms with van der Waals surface area (Å²) in [5.74, 6) is -10.0. The Labute approximate surface area is 193 Å². The van der Waals surface area contributed by atoms with Gasteiger partial charge in [-0.25, -0.2) is 17.6 Å². The molecule has 12 unspecified atom stereocenters.